The van der Waals surface area contributed by atoms with Crippen molar-refractivity contribution in [2.45, 2.75) is 58.8 Å². The molecular formula is C20H27ClN2O2S. The number of halogens is 1. The molecule has 0 radical (unpaired) electrons. The summed E-state index contributed by atoms with van der Waals surface area (Å²) in [4.78, 5) is 16.4. The van der Waals surface area contributed by atoms with E-state index in [-0.39, 0.29) is 11.7 Å². The van der Waals surface area contributed by atoms with Gasteiger partial charge in [0.25, 0.3) is 0 Å². The zero-order valence-corrected chi connectivity index (χ0v) is 17.4. The lowest BCUT2D eigenvalue weighted by Gasteiger charge is -2.10. The Morgan fingerprint density at radius 2 is 2.00 bits per heavy atom. The predicted molar refractivity (Wildman–Crippen MR) is 113 cm³/mol. The molecule has 2 N–H and O–H groups in total. The summed E-state index contributed by atoms with van der Waals surface area (Å²) in [6.07, 6.45) is 3.40. The van der Waals surface area contributed by atoms with Crippen LogP contribution in [0, 0.1) is 12.8 Å². The third-order valence-corrected chi connectivity index (χ3v) is 5.50. The van der Waals surface area contributed by atoms with Gasteiger partial charge in [0.1, 0.15) is 5.58 Å². The molecule has 142 valence electrons. The Bertz CT molecular complexity index is 846. The fourth-order valence-corrected chi connectivity index (χ4v) is 3.72. The lowest BCUT2D eigenvalue weighted by molar-refractivity contribution is 0.512. The van der Waals surface area contributed by atoms with Crippen LogP contribution in [0.25, 0.3) is 11.0 Å². The molecule has 26 heavy (non-hydrogen) atoms. The van der Waals surface area contributed by atoms with E-state index in [2.05, 4.69) is 25.8 Å². The number of rotatable bonds is 7. The Morgan fingerprint density at radius 3 is 2.69 bits per heavy atom. The Kier molecular flexibility index (Phi) is 7.59. The Morgan fingerprint density at radius 1 is 1.27 bits per heavy atom. The van der Waals surface area contributed by atoms with Crippen molar-refractivity contribution in [1.82, 2.24) is 0 Å². The van der Waals surface area contributed by atoms with E-state index in [1.807, 2.05) is 13.0 Å². The second kappa shape index (κ2) is 9.47. The first-order valence-corrected chi connectivity index (χ1v) is 10.3. The summed E-state index contributed by atoms with van der Waals surface area (Å²) < 4.78 is 5.29. The molecule has 0 spiro atoms. The van der Waals surface area contributed by atoms with Crippen molar-refractivity contribution in [3.8, 4) is 0 Å². The molecule has 0 amide bonds. The molecule has 6 heteroatoms. The third kappa shape index (κ3) is 6.06. The lowest BCUT2D eigenvalue weighted by Crippen LogP contribution is -2.12. The fraction of sp³-hybridized carbons (Fsp3) is 0.500. The minimum Gasteiger partial charge on any atom is -0.423 e. The van der Waals surface area contributed by atoms with Gasteiger partial charge < -0.3 is 10.2 Å². The lowest BCUT2D eigenvalue weighted by atomic mass is 10.0. The average Bonchev–Trinajstić information content (AvgIpc) is 2.54. The second-order valence-electron chi connectivity index (χ2n) is 7.12. The highest BCUT2D eigenvalue weighted by Crippen LogP contribution is 2.27. The first-order valence-electron chi connectivity index (χ1n) is 8.95. The summed E-state index contributed by atoms with van der Waals surface area (Å²) in [6.45, 7) is 8.43. The first kappa shape index (κ1) is 20.8. The molecule has 0 aliphatic rings. The van der Waals surface area contributed by atoms with Gasteiger partial charge in [-0.25, -0.2) is 4.79 Å². The number of benzene rings is 1. The van der Waals surface area contributed by atoms with Crippen LogP contribution in [0.1, 0.15) is 51.2 Å². The molecule has 2 rings (SSSR count). The highest BCUT2D eigenvalue weighted by atomic mass is 35.5. The molecule has 1 aromatic heterocycles. The zero-order valence-electron chi connectivity index (χ0n) is 15.8. The van der Waals surface area contributed by atoms with Crippen molar-refractivity contribution in [2.75, 3.05) is 0 Å². The monoisotopic (exact) mass is 394 g/mol. The van der Waals surface area contributed by atoms with Crippen LogP contribution in [0.5, 0.6) is 0 Å². The highest BCUT2D eigenvalue weighted by Gasteiger charge is 2.10. The Balaban J connectivity index is 2.07. The van der Waals surface area contributed by atoms with E-state index in [1.54, 1.807) is 6.07 Å². The predicted octanol–water partition coefficient (Wildman–Crippen LogP) is 5.52. The molecule has 0 aliphatic heterocycles. The maximum absolute atomic E-state index is 11.8. The van der Waals surface area contributed by atoms with Gasteiger partial charge in [-0.3, -0.25) is 4.99 Å². The van der Waals surface area contributed by atoms with Gasteiger partial charge in [0.15, 0.2) is 5.17 Å². The van der Waals surface area contributed by atoms with Gasteiger partial charge in [-0.15, -0.1) is 0 Å². The number of nitrogens with two attached hydrogens (primary N) is 1. The maximum atomic E-state index is 11.8. The number of aryl methyl sites for hydroxylation is 1. The number of amidine groups is 1. The van der Waals surface area contributed by atoms with Crippen molar-refractivity contribution in [3.63, 3.8) is 0 Å². The number of hydrogen-bond acceptors (Lipinski definition) is 4. The van der Waals surface area contributed by atoms with Crippen LogP contribution in [0.2, 0.25) is 5.02 Å². The number of thioether (sulfide) groups is 1. The first-order chi connectivity index (χ1) is 12.3. The summed E-state index contributed by atoms with van der Waals surface area (Å²) in [5.74, 6) is 1.27. The molecular weight excluding hydrogens is 368 g/mol. The molecule has 1 aromatic carbocycles. The normalized spacial score (nSPS) is 13.5. The minimum atomic E-state index is -0.368. The highest BCUT2D eigenvalue weighted by molar-refractivity contribution is 8.13. The van der Waals surface area contributed by atoms with Crippen molar-refractivity contribution in [3.05, 3.63) is 44.8 Å². The van der Waals surface area contributed by atoms with Crippen LogP contribution < -0.4 is 11.4 Å². The molecule has 1 heterocycles. The van der Waals surface area contributed by atoms with Crippen molar-refractivity contribution in [2.24, 2.45) is 16.6 Å². The molecule has 0 bridgehead atoms. The standard InChI is InChI=1S/C20H27ClN2O2S/c1-12(2)6-5-7-14(4)23-20(22)26-11-15-9-19(24)25-18-8-13(3)17(21)10-16(15)18/h8-10,12,14H,5-7,11H2,1-4H3,(H2,22,23)/t14-/m1/s1. The molecule has 0 fully saturated rings. The Labute approximate surface area is 164 Å². The largest absolute Gasteiger partial charge is 0.423 e. The molecule has 0 saturated heterocycles. The number of nitrogens with zero attached hydrogens (tertiary/aromatic N) is 1. The van der Waals surface area contributed by atoms with E-state index in [0.29, 0.717) is 27.4 Å². The van der Waals surface area contributed by atoms with Gasteiger partial charge in [-0.1, -0.05) is 50.1 Å². The van der Waals surface area contributed by atoms with Gasteiger partial charge in [0.05, 0.1) is 0 Å². The zero-order chi connectivity index (χ0) is 19.3. The second-order valence-corrected chi connectivity index (χ2v) is 8.52. The number of fused-ring (bicyclic) bond motifs is 1. The molecule has 0 unspecified atom stereocenters. The fourth-order valence-electron chi connectivity index (χ4n) is 2.76. The molecule has 0 saturated carbocycles. The van der Waals surface area contributed by atoms with Crippen LogP contribution >= 0.6 is 23.4 Å². The molecule has 2 aromatic rings. The van der Waals surface area contributed by atoms with Gasteiger partial charge in [-0.2, -0.15) is 0 Å². The van der Waals surface area contributed by atoms with E-state index < -0.39 is 0 Å². The summed E-state index contributed by atoms with van der Waals surface area (Å²) >= 11 is 7.66. The Hall–Kier alpha value is -1.46. The summed E-state index contributed by atoms with van der Waals surface area (Å²) in [5.41, 5.74) is 7.99. The van der Waals surface area contributed by atoms with Crippen LogP contribution in [0.4, 0.5) is 0 Å². The van der Waals surface area contributed by atoms with Crippen molar-refractivity contribution in [1.29, 1.82) is 0 Å². The summed E-state index contributed by atoms with van der Waals surface area (Å²) in [6, 6.07) is 5.34. The van der Waals surface area contributed by atoms with E-state index in [1.165, 1.54) is 24.2 Å². The average molecular weight is 395 g/mol. The molecule has 1 atom stereocenters. The van der Waals surface area contributed by atoms with E-state index >= 15 is 0 Å². The molecule has 4 nitrogen and oxygen atoms in total. The van der Waals surface area contributed by atoms with Crippen LogP contribution in [-0.2, 0) is 5.75 Å². The van der Waals surface area contributed by atoms with Crippen LogP contribution in [-0.4, -0.2) is 11.2 Å². The van der Waals surface area contributed by atoms with Gasteiger partial charge >= 0.3 is 5.63 Å². The van der Waals surface area contributed by atoms with Gasteiger partial charge in [0, 0.05) is 28.3 Å². The number of hydrogen-bond donors (Lipinski definition) is 1. The quantitative estimate of drug-likeness (QED) is 0.381. The van der Waals surface area contributed by atoms with E-state index in [4.69, 9.17) is 21.8 Å². The van der Waals surface area contributed by atoms with Gasteiger partial charge in [0.2, 0.25) is 0 Å². The smallest absolute Gasteiger partial charge is 0.336 e. The summed E-state index contributed by atoms with van der Waals surface area (Å²) in [5, 5.41) is 2.03. The molecule has 0 aliphatic carbocycles. The minimum absolute atomic E-state index is 0.205. The van der Waals surface area contributed by atoms with Crippen LogP contribution in [0.15, 0.2) is 32.4 Å². The van der Waals surface area contributed by atoms with Gasteiger partial charge in [-0.05, 0) is 49.4 Å². The van der Waals surface area contributed by atoms with E-state index in [9.17, 15) is 4.79 Å². The summed E-state index contributed by atoms with van der Waals surface area (Å²) in [7, 11) is 0. The third-order valence-electron chi connectivity index (χ3n) is 4.24. The maximum Gasteiger partial charge on any atom is 0.336 e. The SMILES string of the molecule is Cc1cc2oc(=O)cc(CSC(N)=N[C@H](C)CCCC(C)C)c2cc1Cl. The van der Waals surface area contributed by atoms with Crippen molar-refractivity contribution < 1.29 is 4.42 Å². The van der Waals surface area contributed by atoms with Crippen molar-refractivity contribution >= 4 is 39.5 Å². The van der Waals surface area contributed by atoms with Crippen LogP contribution in [0.3, 0.4) is 0 Å². The number of aliphatic imine (C=N–C) groups is 1. The topological polar surface area (TPSA) is 68.6 Å². The van der Waals surface area contributed by atoms with E-state index in [0.717, 1.165) is 29.4 Å².